The molecule has 0 radical (unpaired) electrons. The van der Waals surface area contributed by atoms with Crippen molar-refractivity contribution >= 4 is 17.6 Å². The van der Waals surface area contributed by atoms with Crippen LogP contribution in [0, 0.1) is 0 Å². The second-order valence-electron chi connectivity index (χ2n) is 7.02. The molecule has 14 heteroatoms. The van der Waals surface area contributed by atoms with Gasteiger partial charge in [0.05, 0.1) is 6.67 Å². The van der Waals surface area contributed by atoms with E-state index in [0.717, 1.165) is 31.3 Å². The Bertz CT molecular complexity index is 1130. The van der Waals surface area contributed by atoms with Gasteiger partial charge in [0.1, 0.15) is 17.1 Å². The average molecular weight is 470 g/mol. The van der Waals surface area contributed by atoms with Crippen molar-refractivity contribution in [2.45, 2.75) is 18.8 Å². The minimum Gasteiger partial charge on any atom is -0.328 e. The summed E-state index contributed by atoms with van der Waals surface area (Å²) in [5.74, 6) is -0.178. The third kappa shape index (κ3) is 5.45. The van der Waals surface area contributed by atoms with E-state index in [9.17, 15) is 26.3 Å². The number of aromatic nitrogens is 5. The number of nitrogens with one attached hydrogen (secondary N) is 2. The van der Waals surface area contributed by atoms with Crippen molar-refractivity contribution in [3.8, 4) is 11.5 Å². The van der Waals surface area contributed by atoms with Crippen LogP contribution < -0.4 is 15.5 Å². The van der Waals surface area contributed by atoms with E-state index in [1.807, 2.05) is 0 Å². The van der Waals surface area contributed by atoms with Gasteiger partial charge in [0, 0.05) is 18.4 Å². The number of nitrogens with zero attached hydrogens (tertiary/aromatic N) is 6. The topological polar surface area (TPSA) is 91.8 Å². The molecule has 3 aromatic rings. The standard InChI is InChI=1S/C19H16F6N8/c20-18(21,22)13-4-1-3-12(29-13)15-30-16(32-17(31-15)33-8-2-6-26-10-33)28-11-5-7-27-14(9-11)19(23,24)25/h1,3-5,7,9,26H,2,6,8,10H2,(H,27,28,30,31,32). The molecule has 8 nitrogen and oxygen atoms in total. The zero-order valence-corrected chi connectivity index (χ0v) is 16.7. The summed E-state index contributed by atoms with van der Waals surface area (Å²) in [7, 11) is 0. The molecule has 0 unspecified atom stereocenters. The number of halogens is 6. The van der Waals surface area contributed by atoms with Crippen LogP contribution in [0.25, 0.3) is 11.5 Å². The molecule has 2 N–H and O–H groups in total. The van der Waals surface area contributed by atoms with Gasteiger partial charge >= 0.3 is 12.4 Å². The quantitative estimate of drug-likeness (QED) is 0.556. The second kappa shape index (κ2) is 8.77. The third-order valence-electron chi connectivity index (χ3n) is 4.57. The summed E-state index contributed by atoms with van der Waals surface area (Å²) in [5, 5.41) is 5.77. The van der Waals surface area contributed by atoms with E-state index in [4.69, 9.17) is 0 Å². The molecule has 0 amide bonds. The first-order valence-electron chi connectivity index (χ1n) is 9.66. The summed E-state index contributed by atoms with van der Waals surface area (Å²) in [5.41, 5.74) is -2.41. The second-order valence-corrected chi connectivity index (χ2v) is 7.02. The molecule has 174 valence electrons. The van der Waals surface area contributed by atoms with E-state index < -0.39 is 23.7 Å². The van der Waals surface area contributed by atoms with E-state index in [1.54, 1.807) is 4.90 Å². The molecule has 1 aliphatic rings. The van der Waals surface area contributed by atoms with Crippen LogP contribution in [0.5, 0.6) is 0 Å². The van der Waals surface area contributed by atoms with Crippen LogP contribution in [-0.2, 0) is 12.4 Å². The van der Waals surface area contributed by atoms with Crippen molar-refractivity contribution in [2.24, 2.45) is 0 Å². The average Bonchev–Trinajstić information content (AvgIpc) is 2.79. The molecule has 0 bridgehead atoms. The van der Waals surface area contributed by atoms with Gasteiger partial charge < -0.3 is 10.2 Å². The Balaban J connectivity index is 1.74. The molecule has 4 heterocycles. The maximum Gasteiger partial charge on any atom is 0.433 e. The van der Waals surface area contributed by atoms with Crippen molar-refractivity contribution in [1.29, 1.82) is 0 Å². The van der Waals surface area contributed by atoms with Crippen LogP contribution in [0.4, 0.5) is 43.9 Å². The normalized spacial score (nSPS) is 14.9. The zero-order chi connectivity index (χ0) is 23.6. The largest absolute Gasteiger partial charge is 0.433 e. The van der Waals surface area contributed by atoms with Crippen LogP contribution in [0.2, 0.25) is 0 Å². The highest BCUT2D eigenvalue weighted by molar-refractivity contribution is 5.59. The zero-order valence-electron chi connectivity index (χ0n) is 16.7. The van der Waals surface area contributed by atoms with Gasteiger partial charge in [-0.25, -0.2) is 4.98 Å². The highest BCUT2D eigenvalue weighted by Gasteiger charge is 2.33. The van der Waals surface area contributed by atoms with E-state index in [0.29, 0.717) is 13.2 Å². The molecule has 0 aliphatic carbocycles. The fraction of sp³-hybridized carbons (Fsp3) is 0.316. The monoisotopic (exact) mass is 470 g/mol. The van der Waals surface area contributed by atoms with E-state index >= 15 is 0 Å². The molecule has 33 heavy (non-hydrogen) atoms. The Morgan fingerprint density at radius 2 is 1.70 bits per heavy atom. The van der Waals surface area contributed by atoms with Crippen LogP contribution in [0.3, 0.4) is 0 Å². The molecule has 0 aromatic carbocycles. The number of rotatable bonds is 4. The van der Waals surface area contributed by atoms with Crippen molar-refractivity contribution in [1.82, 2.24) is 30.2 Å². The summed E-state index contributed by atoms with van der Waals surface area (Å²) in [4.78, 5) is 21.2. The van der Waals surface area contributed by atoms with Crippen LogP contribution >= 0.6 is 0 Å². The number of hydrogen-bond acceptors (Lipinski definition) is 8. The highest BCUT2D eigenvalue weighted by atomic mass is 19.4. The molecule has 0 saturated carbocycles. The minimum atomic E-state index is -4.67. The first kappa shape index (κ1) is 22.6. The summed E-state index contributed by atoms with van der Waals surface area (Å²) >= 11 is 0. The SMILES string of the molecule is FC(F)(F)c1cc(Nc2nc(-c3cccc(C(F)(F)F)n3)nc(N3CCCNC3)n2)ccn1. The molecule has 3 aromatic heterocycles. The maximum atomic E-state index is 13.1. The van der Waals surface area contributed by atoms with Gasteiger partial charge in [-0.15, -0.1) is 0 Å². The first-order valence-corrected chi connectivity index (χ1v) is 9.66. The summed E-state index contributed by atoms with van der Waals surface area (Å²) < 4.78 is 78.3. The molecule has 1 saturated heterocycles. The van der Waals surface area contributed by atoms with E-state index in [-0.39, 0.29) is 29.1 Å². The number of pyridine rings is 2. The van der Waals surface area contributed by atoms with Gasteiger partial charge in [-0.05, 0) is 37.2 Å². The summed E-state index contributed by atoms with van der Waals surface area (Å²) in [6.07, 6.45) is -7.59. The van der Waals surface area contributed by atoms with Crippen molar-refractivity contribution in [3.05, 3.63) is 47.9 Å². The molecular formula is C19H16F6N8. The summed E-state index contributed by atoms with van der Waals surface area (Å²) in [6, 6.07) is 5.34. The number of hydrogen-bond donors (Lipinski definition) is 2. The van der Waals surface area contributed by atoms with Crippen molar-refractivity contribution in [2.75, 3.05) is 30.0 Å². The van der Waals surface area contributed by atoms with Crippen LogP contribution in [-0.4, -0.2) is 44.7 Å². The number of alkyl halides is 6. The molecule has 1 aliphatic heterocycles. The highest BCUT2D eigenvalue weighted by Crippen LogP contribution is 2.31. The van der Waals surface area contributed by atoms with Gasteiger partial charge in [-0.1, -0.05) is 6.07 Å². The summed E-state index contributed by atoms with van der Waals surface area (Å²) in [6.45, 7) is 1.72. The van der Waals surface area contributed by atoms with Gasteiger partial charge in [-0.3, -0.25) is 10.3 Å². The molecule has 4 rings (SSSR count). The Kier molecular flexibility index (Phi) is 6.01. The number of anilines is 3. The lowest BCUT2D eigenvalue weighted by Gasteiger charge is -2.27. The molecular weight excluding hydrogens is 454 g/mol. The Morgan fingerprint density at radius 3 is 2.39 bits per heavy atom. The predicted octanol–water partition coefficient (Wildman–Crippen LogP) is 3.87. The molecule has 0 atom stereocenters. The Labute approximate surface area is 183 Å². The maximum absolute atomic E-state index is 13.1. The van der Waals surface area contributed by atoms with E-state index in [1.165, 1.54) is 18.2 Å². The van der Waals surface area contributed by atoms with Gasteiger partial charge in [0.25, 0.3) is 0 Å². The van der Waals surface area contributed by atoms with Gasteiger partial charge in [-0.2, -0.15) is 41.3 Å². The lowest BCUT2D eigenvalue weighted by Crippen LogP contribution is -2.42. The first-order chi connectivity index (χ1) is 15.6. The lowest BCUT2D eigenvalue weighted by atomic mass is 10.3. The Morgan fingerprint density at radius 1 is 0.909 bits per heavy atom. The van der Waals surface area contributed by atoms with E-state index in [2.05, 4.69) is 35.6 Å². The fourth-order valence-corrected chi connectivity index (χ4v) is 3.04. The fourth-order valence-electron chi connectivity index (χ4n) is 3.04. The third-order valence-corrected chi connectivity index (χ3v) is 4.57. The van der Waals surface area contributed by atoms with Crippen molar-refractivity contribution < 1.29 is 26.3 Å². The smallest absolute Gasteiger partial charge is 0.328 e. The van der Waals surface area contributed by atoms with Crippen LogP contribution in [0.1, 0.15) is 17.8 Å². The van der Waals surface area contributed by atoms with Crippen LogP contribution in [0.15, 0.2) is 36.5 Å². The lowest BCUT2D eigenvalue weighted by molar-refractivity contribution is -0.141. The molecule has 0 spiro atoms. The predicted molar refractivity (Wildman–Crippen MR) is 105 cm³/mol. The van der Waals surface area contributed by atoms with Gasteiger partial charge in [0.2, 0.25) is 11.9 Å². The molecule has 1 fully saturated rings. The minimum absolute atomic E-state index is 0.00537. The van der Waals surface area contributed by atoms with Crippen molar-refractivity contribution in [3.63, 3.8) is 0 Å². The van der Waals surface area contributed by atoms with Gasteiger partial charge in [0.15, 0.2) is 5.82 Å². The Hall–Kier alpha value is -3.55.